The van der Waals surface area contributed by atoms with Crippen LogP contribution >= 0.6 is 0 Å². The lowest BCUT2D eigenvalue weighted by molar-refractivity contribution is 0.202. The van der Waals surface area contributed by atoms with Crippen molar-refractivity contribution in [2.45, 2.75) is 25.3 Å². The summed E-state index contributed by atoms with van der Waals surface area (Å²) < 4.78 is 0. The molecule has 2 heteroatoms. The molecule has 1 saturated heterocycles. The number of rotatable bonds is 4. The highest BCUT2D eigenvalue weighted by molar-refractivity contribution is 5.58. The summed E-state index contributed by atoms with van der Waals surface area (Å²) in [6.07, 6.45) is 2.48. The molecule has 2 heterocycles. The van der Waals surface area contributed by atoms with Gasteiger partial charge in [0.05, 0.1) is 11.4 Å². The van der Waals surface area contributed by atoms with Crippen molar-refractivity contribution in [1.82, 2.24) is 9.88 Å². The molecule has 1 aliphatic rings. The first kappa shape index (κ1) is 16.0. The second-order valence-electron chi connectivity index (χ2n) is 6.84. The van der Waals surface area contributed by atoms with Crippen LogP contribution in [0, 0.1) is 0 Å². The lowest BCUT2D eigenvalue weighted by Crippen LogP contribution is -2.32. The molecule has 0 spiro atoms. The number of hydrogen-bond acceptors (Lipinski definition) is 2. The maximum atomic E-state index is 4.87. The van der Waals surface area contributed by atoms with E-state index in [4.69, 9.17) is 4.98 Å². The van der Waals surface area contributed by atoms with Gasteiger partial charge in [0.25, 0.3) is 0 Å². The summed E-state index contributed by atoms with van der Waals surface area (Å²) in [5.74, 6) is 0.709. The molecule has 1 aliphatic heterocycles. The fourth-order valence-electron chi connectivity index (χ4n) is 3.72. The number of hydrogen-bond donors (Lipinski definition) is 0. The molecule has 0 N–H and O–H groups in total. The number of nitrogens with zero attached hydrogens (tertiary/aromatic N) is 2. The molecule has 0 aliphatic carbocycles. The van der Waals surface area contributed by atoms with Crippen LogP contribution in [0.1, 0.15) is 30.0 Å². The van der Waals surface area contributed by atoms with Crippen molar-refractivity contribution in [3.05, 3.63) is 90.1 Å². The molecule has 0 unspecified atom stereocenters. The van der Waals surface area contributed by atoms with Crippen molar-refractivity contribution in [3.63, 3.8) is 0 Å². The summed E-state index contributed by atoms with van der Waals surface area (Å²) >= 11 is 0. The third-order valence-electron chi connectivity index (χ3n) is 5.12. The molecule has 2 aromatic carbocycles. The zero-order valence-electron chi connectivity index (χ0n) is 14.5. The van der Waals surface area contributed by atoms with E-state index in [1.165, 1.54) is 29.7 Å². The van der Waals surface area contributed by atoms with Crippen LogP contribution in [0.2, 0.25) is 0 Å². The third kappa shape index (κ3) is 3.97. The summed E-state index contributed by atoms with van der Waals surface area (Å²) in [6.45, 7) is 3.25. The van der Waals surface area contributed by atoms with E-state index in [0.29, 0.717) is 5.92 Å². The van der Waals surface area contributed by atoms with Crippen LogP contribution in [-0.2, 0) is 6.54 Å². The zero-order chi connectivity index (χ0) is 16.9. The molecule has 1 fully saturated rings. The van der Waals surface area contributed by atoms with Crippen LogP contribution in [0.3, 0.4) is 0 Å². The highest BCUT2D eigenvalue weighted by Crippen LogP contribution is 2.28. The van der Waals surface area contributed by atoms with E-state index in [1.807, 2.05) is 6.07 Å². The van der Waals surface area contributed by atoms with E-state index in [9.17, 15) is 0 Å². The van der Waals surface area contributed by atoms with Gasteiger partial charge in [-0.15, -0.1) is 0 Å². The van der Waals surface area contributed by atoms with Gasteiger partial charge in [0, 0.05) is 12.1 Å². The summed E-state index contributed by atoms with van der Waals surface area (Å²) in [4.78, 5) is 7.41. The maximum absolute atomic E-state index is 4.87. The SMILES string of the molecule is c1ccc(-c2cccc(CN3CCC(c4ccccc4)CC3)n2)cc1. The minimum absolute atomic E-state index is 0.709. The van der Waals surface area contributed by atoms with Gasteiger partial charge in [-0.3, -0.25) is 9.88 Å². The second-order valence-corrected chi connectivity index (χ2v) is 6.84. The number of benzene rings is 2. The van der Waals surface area contributed by atoms with Crippen molar-refractivity contribution < 1.29 is 0 Å². The monoisotopic (exact) mass is 328 g/mol. The minimum atomic E-state index is 0.709. The zero-order valence-corrected chi connectivity index (χ0v) is 14.5. The molecular weight excluding hydrogens is 304 g/mol. The van der Waals surface area contributed by atoms with Crippen molar-refractivity contribution in [3.8, 4) is 11.3 Å². The average Bonchev–Trinajstić information content (AvgIpc) is 2.70. The maximum Gasteiger partial charge on any atom is 0.0705 e. The van der Waals surface area contributed by atoms with Gasteiger partial charge in [-0.05, 0) is 49.5 Å². The van der Waals surface area contributed by atoms with Crippen LogP contribution in [0.15, 0.2) is 78.9 Å². The molecule has 0 saturated carbocycles. The topological polar surface area (TPSA) is 16.1 Å². The molecule has 126 valence electrons. The van der Waals surface area contributed by atoms with Crippen LogP contribution in [0.5, 0.6) is 0 Å². The van der Waals surface area contributed by atoms with Gasteiger partial charge in [0.1, 0.15) is 0 Å². The van der Waals surface area contributed by atoms with Gasteiger partial charge in [0.2, 0.25) is 0 Å². The Hall–Kier alpha value is -2.45. The standard InChI is InChI=1S/C23H24N2/c1-3-8-19(9-4-1)20-14-16-25(17-15-20)18-22-12-7-13-23(24-22)21-10-5-2-6-11-21/h1-13,20H,14-18H2. The van der Waals surface area contributed by atoms with Crippen LogP contribution in [-0.4, -0.2) is 23.0 Å². The van der Waals surface area contributed by atoms with E-state index in [0.717, 1.165) is 25.3 Å². The van der Waals surface area contributed by atoms with E-state index in [-0.39, 0.29) is 0 Å². The Balaban J connectivity index is 1.39. The summed E-state index contributed by atoms with van der Waals surface area (Å²) in [5, 5.41) is 0. The van der Waals surface area contributed by atoms with Gasteiger partial charge in [-0.25, -0.2) is 0 Å². The molecule has 0 bridgehead atoms. The van der Waals surface area contributed by atoms with Crippen molar-refractivity contribution in [2.75, 3.05) is 13.1 Å². The van der Waals surface area contributed by atoms with E-state index >= 15 is 0 Å². The largest absolute Gasteiger partial charge is 0.297 e. The third-order valence-corrected chi connectivity index (χ3v) is 5.12. The van der Waals surface area contributed by atoms with Gasteiger partial charge in [0.15, 0.2) is 0 Å². The second kappa shape index (κ2) is 7.62. The summed E-state index contributed by atoms with van der Waals surface area (Å²) in [6, 6.07) is 27.7. The molecular formula is C23H24N2. The Bertz CT molecular complexity index is 791. The molecule has 0 amide bonds. The predicted octanol–water partition coefficient (Wildman–Crippen LogP) is 5.13. The lowest BCUT2D eigenvalue weighted by atomic mass is 9.89. The van der Waals surface area contributed by atoms with Gasteiger partial charge in [-0.2, -0.15) is 0 Å². The molecule has 0 atom stereocenters. The summed E-state index contributed by atoms with van der Waals surface area (Å²) in [5.41, 5.74) is 4.91. The Morgan fingerprint density at radius 1 is 0.760 bits per heavy atom. The van der Waals surface area contributed by atoms with Gasteiger partial charge < -0.3 is 0 Å². The number of likely N-dealkylation sites (tertiary alicyclic amines) is 1. The fourth-order valence-corrected chi connectivity index (χ4v) is 3.72. The Kier molecular flexibility index (Phi) is 4.89. The first-order chi connectivity index (χ1) is 12.4. The fraction of sp³-hybridized carbons (Fsp3) is 0.261. The number of pyridine rings is 1. The quantitative estimate of drug-likeness (QED) is 0.660. The van der Waals surface area contributed by atoms with Crippen molar-refractivity contribution >= 4 is 0 Å². The Morgan fingerprint density at radius 2 is 1.44 bits per heavy atom. The first-order valence-electron chi connectivity index (χ1n) is 9.17. The Morgan fingerprint density at radius 3 is 2.16 bits per heavy atom. The number of aromatic nitrogens is 1. The predicted molar refractivity (Wildman–Crippen MR) is 103 cm³/mol. The molecule has 2 nitrogen and oxygen atoms in total. The van der Waals surface area contributed by atoms with E-state index in [2.05, 4.69) is 77.7 Å². The molecule has 0 radical (unpaired) electrons. The lowest BCUT2D eigenvalue weighted by Gasteiger charge is -2.32. The molecule has 1 aromatic heterocycles. The highest BCUT2D eigenvalue weighted by atomic mass is 15.1. The first-order valence-corrected chi connectivity index (χ1v) is 9.17. The van der Waals surface area contributed by atoms with Crippen LogP contribution in [0.25, 0.3) is 11.3 Å². The van der Waals surface area contributed by atoms with Crippen molar-refractivity contribution in [2.24, 2.45) is 0 Å². The molecule has 25 heavy (non-hydrogen) atoms. The summed E-state index contributed by atoms with van der Waals surface area (Å²) in [7, 11) is 0. The van der Waals surface area contributed by atoms with Crippen LogP contribution < -0.4 is 0 Å². The molecule has 4 rings (SSSR count). The van der Waals surface area contributed by atoms with E-state index < -0.39 is 0 Å². The number of piperidine rings is 1. The molecule has 3 aromatic rings. The Labute approximate surface area is 150 Å². The van der Waals surface area contributed by atoms with Gasteiger partial charge >= 0.3 is 0 Å². The highest BCUT2D eigenvalue weighted by Gasteiger charge is 2.20. The van der Waals surface area contributed by atoms with Gasteiger partial charge in [-0.1, -0.05) is 66.7 Å². The smallest absolute Gasteiger partial charge is 0.0705 e. The minimum Gasteiger partial charge on any atom is -0.297 e. The average molecular weight is 328 g/mol. The normalized spacial score (nSPS) is 16.0. The van der Waals surface area contributed by atoms with E-state index in [1.54, 1.807) is 0 Å². The van der Waals surface area contributed by atoms with Crippen molar-refractivity contribution in [1.29, 1.82) is 0 Å². The van der Waals surface area contributed by atoms with Crippen LogP contribution in [0.4, 0.5) is 0 Å².